The minimum absolute atomic E-state index is 0.183. The number of amides is 1. The zero-order chi connectivity index (χ0) is 15.4. The molecule has 1 aromatic rings. The Morgan fingerprint density at radius 1 is 1.14 bits per heavy atom. The molecule has 0 aromatic heterocycles. The van der Waals surface area contributed by atoms with Gasteiger partial charge in [-0.1, -0.05) is 39.8 Å². The van der Waals surface area contributed by atoms with E-state index in [4.69, 9.17) is 0 Å². The molecule has 1 atom stereocenters. The summed E-state index contributed by atoms with van der Waals surface area (Å²) in [7, 11) is 0. The van der Waals surface area contributed by atoms with E-state index < -0.39 is 0 Å². The lowest BCUT2D eigenvalue weighted by molar-refractivity contribution is -0.132. The van der Waals surface area contributed by atoms with Crippen LogP contribution in [0.2, 0.25) is 0 Å². The molecular formula is C17H27N3O. The van der Waals surface area contributed by atoms with E-state index in [0.717, 1.165) is 24.5 Å². The molecule has 4 heteroatoms. The van der Waals surface area contributed by atoms with Crippen molar-refractivity contribution < 1.29 is 4.79 Å². The maximum Gasteiger partial charge on any atom is 0.246 e. The lowest BCUT2D eigenvalue weighted by Gasteiger charge is -2.33. The summed E-state index contributed by atoms with van der Waals surface area (Å²) in [6.45, 7) is 10.9. The van der Waals surface area contributed by atoms with Crippen LogP contribution in [0.1, 0.15) is 27.7 Å². The summed E-state index contributed by atoms with van der Waals surface area (Å²) >= 11 is 0. The molecule has 1 unspecified atom stereocenters. The standard InChI is InChI=1S/C17H27N3O/c1-12(2)10-20(11-13(3)4)17(21)16-9-18-14-7-5-6-8-15(14)19-16/h5-8,12-13,16,18-19H,9-11H2,1-4H3. The summed E-state index contributed by atoms with van der Waals surface area (Å²) in [4.78, 5) is 14.8. The number of anilines is 2. The number of fused-ring (bicyclic) bond motifs is 1. The van der Waals surface area contributed by atoms with Crippen molar-refractivity contribution >= 4 is 17.3 Å². The van der Waals surface area contributed by atoms with Gasteiger partial charge in [0.25, 0.3) is 0 Å². The number of hydrogen-bond donors (Lipinski definition) is 2. The summed E-state index contributed by atoms with van der Waals surface area (Å²) < 4.78 is 0. The van der Waals surface area contributed by atoms with E-state index in [9.17, 15) is 4.79 Å². The number of carbonyl (C=O) groups is 1. The van der Waals surface area contributed by atoms with Gasteiger partial charge in [-0.15, -0.1) is 0 Å². The Labute approximate surface area is 127 Å². The maximum atomic E-state index is 12.8. The van der Waals surface area contributed by atoms with Crippen LogP contribution in [-0.4, -0.2) is 36.5 Å². The van der Waals surface area contributed by atoms with E-state index in [1.165, 1.54) is 0 Å². The molecular weight excluding hydrogens is 262 g/mol. The average molecular weight is 289 g/mol. The largest absolute Gasteiger partial charge is 0.381 e. The van der Waals surface area contributed by atoms with Crippen molar-refractivity contribution in [3.63, 3.8) is 0 Å². The number of hydrogen-bond acceptors (Lipinski definition) is 3. The van der Waals surface area contributed by atoms with E-state index in [1.807, 2.05) is 29.2 Å². The van der Waals surface area contributed by atoms with Gasteiger partial charge < -0.3 is 15.5 Å². The zero-order valence-electron chi connectivity index (χ0n) is 13.5. The van der Waals surface area contributed by atoms with Crippen molar-refractivity contribution in [1.82, 2.24) is 4.90 Å². The molecule has 2 N–H and O–H groups in total. The van der Waals surface area contributed by atoms with Crippen molar-refractivity contribution in [2.75, 3.05) is 30.3 Å². The highest BCUT2D eigenvalue weighted by Gasteiger charge is 2.28. The third-order valence-corrected chi connectivity index (χ3v) is 3.53. The second kappa shape index (κ2) is 6.83. The van der Waals surface area contributed by atoms with E-state index in [1.54, 1.807) is 0 Å². The number of nitrogens with zero attached hydrogens (tertiary/aromatic N) is 1. The number of rotatable bonds is 5. The first-order chi connectivity index (χ1) is 9.97. The first-order valence-electron chi connectivity index (χ1n) is 7.85. The number of para-hydroxylation sites is 2. The quantitative estimate of drug-likeness (QED) is 0.875. The van der Waals surface area contributed by atoms with E-state index in [0.29, 0.717) is 18.4 Å². The Morgan fingerprint density at radius 2 is 1.71 bits per heavy atom. The number of benzene rings is 1. The molecule has 0 saturated heterocycles. The summed E-state index contributed by atoms with van der Waals surface area (Å²) in [5, 5.41) is 6.72. The molecule has 1 aliphatic heterocycles. The van der Waals surface area contributed by atoms with Gasteiger partial charge >= 0.3 is 0 Å². The van der Waals surface area contributed by atoms with Crippen LogP contribution in [0, 0.1) is 11.8 Å². The van der Waals surface area contributed by atoms with Crippen molar-refractivity contribution in [3.8, 4) is 0 Å². The first kappa shape index (κ1) is 15.7. The Balaban J connectivity index is 2.07. The molecule has 2 rings (SSSR count). The second-order valence-corrected chi connectivity index (χ2v) is 6.65. The molecule has 0 fully saturated rings. The smallest absolute Gasteiger partial charge is 0.246 e. The summed E-state index contributed by atoms with van der Waals surface area (Å²) in [5.74, 6) is 1.16. The average Bonchev–Trinajstić information content (AvgIpc) is 2.44. The fourth-order valence-corrected chi connectivity index (χ4v) is 2.72. The molecule has 0 spiro atoms. The molecule has 1 amide bonds. The topological polar surface area (TPSA) is 44.4 Å². The summed E-state index contributed by atoms with van der Waals surface area (Å²) in [6, 6.07) is 7.84. The minimum Gasteiger partial charge on any atom is -0.381 e. The van der Waals surface area contributed by atoms with Crippen LogP contribution in [0.25, 0.3) is 0 Å². The lowest BCUT2D eigenvalue weighted by atomic mass is 10.1. The molecule has 116 valence electrons. The fraction of sp³-hybridized carbons (Fsp3) is 0.588. The van der Waals surface area contributed by atoms with Gasteiger partial charge in [-0.2, -0.15) is 0 Å². The number of carbonyl (C=O) groups excluding carboxylic acids is 1. The molecule has 0 saturated carbocycles. The highest BCUT2D eigenvalue weighted by molar-refractivity contribution is 5.88. The van der Waals surface area contributed by atoms with Gasteiger partial charge in [-0.05, 0) is 24.0 Å². The van der Waals surface area contributed by atoms with E-state index in [2.05, 4.69) is 38.3 Å². The van der Waals surface area contributed by atoms with Crippen LogP contribution in [-0.2, 0) is 4.79 Å². The second-order valence-electron chi connectivity index (χ2n) is 6.65. The molecule has 1 aromatic carbocycles. The monoisotopic (exact) mass is 289 g/mol. The molecule has 1 aliphatic rings. The van der Waals surface area contributed by atoms with Crippen molar-refractivity contribution in [2.24, 2.45) is 11.8 Å². The van der Waals surface area contributed by atoms with Gasteiger partial charge in [0.1, 0.15) is 6.04 Å². The Kier molecular flexibility index (Phi) is 5.10. The van der Waals surface area contributed by atoms with Gasteiger partial charge in [0.05, 0.1) is 11.4 Å². The van der Waals surface area contributed by atoms with Crippen molar-refractivity contribution in [2.45, 2.75) is 33.7 Å². The zero-order valence-corrected chi connectivity index (χ0v) is 13.5. The Hall–Kier alpha value is -1.71. The highest BCUT2D eigenvalue weighted by Crippen LogP contribution is 2.25. The number of nitrogens with one attached hydrogen (secondary N) is 2. The van der Waals surface area contributed by atoms with Gasteiger partial charge in [0.2, 0.25) is 5.91 Å². The van der Waals surface area contributed by atoms with Crippen LogP contribution in [0.3, 0.4) is 0 Å². The molecule has 4 nitrogen and oxygen atoms in total. The van der Waals surface area contributed by atoms with Crippen LogP contribution in [0.4, 0.5) is 11.4 Å². The van der Waals surface area contributed by atoms with Crippen LogP contribution >= 0.6 is 0 Å². The van der Waals surface area contributed by atoms with Crippen LogP contribution in [0.5, 0.6) is 0 Å². The van der Waals surface area contributed by atoms with Gasteiger partial charge in [-0.25, -0.2) is 0 Å². The SMILES string of the molecule is CC(C)CN(CC(C)C)C(=O)C1CNc2ccccc2N1. The van der Waals surface area contributed by atoms with Gasteiger partial charge in [0, 0.05) is 19.6 Å². The Morgan fingerprint density at radius 3 is 2.29 bits per heavy atom. The summed E-state index contributed by atoms with van der Waals surface area (Å²) in [6.07, 6.45) is 0. The normalized spacial score (nSPS) is 17.1. The fourth-order valence-electron chi connectivity index (χ4n) is 2.72. The predicted octanol–water partition coefficient (Wildman–Crippen LogP) is 3.03. The minimum atomic E-state index is -0.183. The van der Waals surface area contributed by atoms with E-state index in [-0.39, 0.29) is 11.9 Å². The highest BCUT2D eigenvalue weighted by atomic mass is 16.2. The summed E-state index contributed by atoms with van der Waals surface area (Å²) in [5.41, 5.74) is 2.08. The lowest BCUT2D eigenvalue weighted by Crippen LogP contribution is -2.50. The third kappa shape index (κ3) is 4.13. The Bertz CT molecular complexity index is 475. The predicted molar refractivity (Wildman–Crippen MR) is 88.6 cm³/mol. The molecule has 0 radical (unpaired) electrons. The van der Waals surface area contributed by atoms with E-state index >= 15 is 0 Å². The maximum absolute atomic E-state index is 12.8. The molecule has 1 heterocycles. The van der Waals surface area contributed by atoms with Crippen molar-refractivity contribution in [1.29, 1.82) is 0 Å². The van der Waals surface area contributed by atoms with Crippen LogP contribution < -0.4 is 10.6 Å². The molecule has 21 heavy (non-hydrogen) atoms. The van der Waals surface area contributed by atoms with Crippen LogP contribution in [0.15, 0.2) is 24.3 Å². The molecule has 0 aliphatic carbocycles. The third-order valence-electron chi connectivity index (χ3n) is 3.53. The van der Waals surface area contributed by atoms with Gasteiger partial charge in [0.15, 0.2) is 0 Å². The van der Waals surface area contributed by atoms with Crippen molar-refractivity contribution in [3.05, 3.63) is 24.3 Å². The molecule has 0 bridgehead atoms. The first-order valence-corrected chi connectivity index (χ1v) is 7.85. The van der Waals surface area contributed by atoms with Gasteiger partial charge in [-0.3, -0.25) is 4.79 Å².